The van der Waals surface area contributed by atoms with Crippen LogP contribution in [0.15, 0.2) is 0 Å². The van der Waals surface area contributed by atoms with Gasteiger partial charge in [-0.1, -0.05) is 0 Å². The normalized spacial score (nSPS) is 19.1. The number of ether oxygens (including phenoxy) is 1. The zero-order chi connectivity index (χ0) is 12.2. The predicted molar refractivity (Wildman–Crippen MR) is 60.1 cm³/mol. The molecule has 3 amide bonds. The van der Waals surface area contributed by atoms with Gasteiger partial charge in [0.05, 0.1) is 0 Å². The number of carbonyl (C=O) groups excluding carboxylic acids is 2. The van der Waals surface area contributed by atoms with Crippen LogP contribution in [0.1, 0.15) is 33.1 Å². The first kappa shape index (κ1) is 13.0. The summed E-state index contributed by atoms with van der Waals surface area (Å²) in [7, 11) is 1.67. The molecule has 0 bridgehead atoms. The van der Waals surface area contributed by atoms with Gasteiger partial charge in [-0.3, -0.25) is 9.69 Å². The van der Waals surface area contributed by atoms with Crippen molar-refractivity contribution < 1.29 is 14.3 Å². The summed E-state index contributed by atoms with van der Waals surface area (Å²) in [5.74, 6) is -0.135. The standard InChI is InChI=1S/C11H20N2O3/c1-11(2)9(14)13(10(15)12-11)7-5-4-6-8-16-3/h4-8H2,1-3H3,(H,12,15). The van der Waals surface area contributed by atoms with Crippen molar-refractivity contribution in [3.63, 3.8) is 0 Å². The molecule has 1 fully saturated rings. The monoisotopic (exact) mass is 228 g/mol. The van der Waals surface area contributed by atoms with E-state index in [2.05, 4.69) is 5.32 Å². The van der Waals surface area contributed by atoms with E-state index in [1.54, 1.807) is 21.0 Å². The molecule has 1 heterocycles. The molecule has 1 aliphatic heterocycles. The molecule has 0 radical (unpaired) electrons. The lowest BCUT2D eigenvalue weighted by Gasteiger charge is -2.15. The van der Waals surface area contributed by atoms with Crippen molar-refractivity contribution in [1.82, 2.24) is 10.2 Å². The molecule has 5 nitrogen and oxygen atoms in total. The number of nitrogens with zero attached hydrogens (tertiary/aromatic N) is 1. The molecule has 0 spiro atoms. The molecule has 16 heavy (non-hydrogen) atoms. The Morgan fingerprint density at radius 2 is 1.94 bits per heavy atom. The molecule has 1 rings (SSSR count). The van der Waals surface area contributed by atoms with Crippen LogP contribution in [0.4, 0.5) is 4.79 Å². The summed E-state index contributed by atoms with van der Waals surface area (Å²) < 4.78 is 4.93. The van der Waals surface area contributed by atoms with Crippen LogP contribution in [0.25, 0.3) is 0 Å². The van der Waals surface area contributed by atoms with Gasteiger partial charge in [-0.15, -0.1) is 0 Å². The molecular formula is C11H20N2O3. The summed E-state index contributed by atoms with van der Waals surface area (Å²) in [5.41, 5.74) is -0.746. The third-order valence-electron chi connectivity index (χ3n) is 2.67. The second kappa shape index (κ2) is 5.30. The molecule has 0 saturated carbocycles. The Morgan fingerprint density at radius 3 is 2.44 bits per heavy atom. The van der Waals surface area contributed by atoms with Crippen molar-refractivity contribution in [1.29, 1.82) is 0 Å². The van der Waals surface area contributed by atoms with Gasteiger partial charge in [0.1, 0.15) is 5.54 Å². The maximum atomic E-state index is 11.8. The maximum Gasteiger partial charge on any atom is 0.325 e. The van der Waals surface area contributed by atoms with E-state index < -0.39 is 5.54 Å². The number of imide groups is 1. The van der Waals surface area contributed by atoms with Gasteiger partial charge in [0.2, 0.25) is 0 Å². The fourth-order valence-corrected chi connectivity index (χ4v) is 1.71. The lowest BCUT2D eigenvalue weighted by Crippen LogP contribution is -2.40. The van der Waals surface area contributed by atoms with Crippen molar-refractivity contribution in [2.75, 3.05) is 20.3 Å². The number of hydrogen-bond acceptors (Lipinski definition) is 3. The van der Waals surface area contributed by atoms with Crippen molar-refractivity contribution in [2.45, 2.75) is 38.6 Å². The highest BCUT2D eigenvalue weighted by Crippen LogP contribution is 2.17. The van der Waals surface area contributed by atoms with Crippen LogP contribution in [0.5, 0.6) is 0 Å². The molecule has 5 heteroatoms. The van der Waals surface area contributed by atoms with Crippen LogP contribution < -0.4 is 5.32 Å². The highest BCUT2D eigenvalue weighted by molar-refractivity contribution is 6.06. The Labute approximate surface area is 96.1 Å². The van der Waals surface area contributed by atoms with Crippen LogP contribution in [0.3, 0.4) is 0 Å². The number of unbranched alkanes of at least 4 members (excludes halogenated alkanes) is 2. The number of carbonyl (C=O) groups is 2. The van der Waals surface area contributed by atoms with E-state index in [9.17, 15) is 9.59 Å². The average Bonchev–Trinajstić information content (AvgIpc) is 2.39. The molecule has 0 aromatic rings. The van der Waals surface area contributed by atoms with Crippen molar-refractivity contribution in [3.8, 4) is 0 Å². The Kier molecular flexibility index (Phi) is 4.29. The highest BCUT2D eigenvalue weighted by atomic mass is 16.5. The second-order valence-electron chi connectivity index (χ2n) is 4.57. The summed E-state index contributed by atoms with van der Waals surface area (Å²) >= 11 is 0. The average molecular weight is 228 g/mol. The van der Waals surface area contributed by atoms with Gasteiger partial charge in [0.15, 0.2) is 0 Å². The quantitative estimate of drug-likeness (QED) is 0.547. The van der Waals surface area contributed by atoms with Crippen LogP contribution in [0.2, 0.25) is 0 Å². The molecule has 1 saturated heterocycles. The SMILES string of the molecule is COCCCCCN1C(=O)NC(C)(C)C1=O. The van der Waals surface area contributed by atoms with E-state index in [1.807, 2.05) is 0 Å². The van der Waals surface area contributed by atoms with Gasteiger partial charge in [-0.25, -0.2) is 4.79 Å². The highest BCUT2D eigenvalue weighted by Gasteiger charge is 2.43. The van der Waals surface area contributed by atoms with E-state index in [1.165, 1.54) is 4.90 Å². The second-order valence-corrected chi connectivity index (χ2v) is 4.57. The number of nitrogens with one attached hydrogen (secondary N) is 1. The molecule has 1 N–H and O–H groups in total. The summed E-state index contributed by atoms with van der Waals surface area (Å²) in [6, 6.07) is -0.276. The van der Waals surface area contributed by atoms with E-state index in [0.29, 0.717) is 6.54 Å². The molecule has 92 valence electrons. The summed E-state index contributed by atoms with van der Waals surface area (Å²) in [4.78, 5) is 24.6. The summed E-state index contributed by atoms with van der Waals surface area (Å²) in [5, 5.41) is 2.66. The minimum atomic E-state index is -0.746. The first-order chi connectivity index (χ1) is 7.49. The molecule has 0 aliphatic carbocycles. The van der Waals surface area contributed by atoms with Gasteiger partial charge in [0, 0.05) is 20.3 Å². The van der Waals surface area contributed by atoms with Gasteiger partial charge in [-0.05, 0) is 33.1 Å². The smallest absolute Gasteiger partial charge is 0.325 e. The van der Waals surface area contributed by atoms with Crippen molar-refractivity contribution in [2.24, 2.45) is 0 Å². The summed E-state index contributed by atoms with van der Waals surface area (Å²) in [6.45, 7) is 4.67. The van der Waals surface area contributed by atoms with Gasteiger partial charge in [0.25, 0.3) is 5.91 Å². The van der Waals surface area contributed by atoms with Crippen LogP contribution in [-0.4, -0.2) is 42.6 Å². The van der Waals surface area contributed by atoms with Crippen LogP contribution >= 0.6 is 0 Å². The number of methoxy groups -OCH3 is 1. The molecule has 1 aliphatic rings. The van der Waals surface area contributed by atoms with E-state index in [-0.39, 0.29) is 11.9 Å². The minimum Gasteiger partial charge on any atom is -0.385 e. The van der Waals surface area contributed by atoms with Crippen molar-refractivity contribution in [3.05, 3.63) is 0 Å². The lowest BCUT2D eigenvalue weighted by molar-refractivity contribution is -0.130. The zero-order valence-electron chi connectivity index (χ0n) is 10.2. The zero-order valence-corrected chi connectivity index (χ0v) is 10.2. The third kappa shape index (κ3) is 2.95. The van der Waals surface area contributed by atoms with E-state index in [0.717, 1.165) is 25.9 Å². The minimum absolute atomic E-state index is 0.135. The molecule has 0 aromatic heterocycles. The molecule has 0 unspecified atom stereocenters. The van der Waals surface area contributed by atoms with E-state index >= 15 is 0 Å². The Balaban J connectivity index is 2.32. The van der Waals surface area contributed by atoms with Gasteiger partial charge < -0.3 is 10.1 Å². The fraction of sp³-hybridized carbons (Fsp3) is 0.818. The van der Waals surface area contributed by atoms with Crippen LogP contribution in [0, 0.1) is 0 Å². The largest absolute Gasteiger partial charge is 0.385 e. The first-order valence-electron chi connectivity index (χ1n) is 5.62. The van der Waals surface area contributed by atoms with Gasteiger partial charge >= 0.3 is 6.03 Å². The van der Waals surface area contributed by atoms with Crippen LogP contribution in [-0.2, 0) is 9.53 Å². The fourth-order valence-electron chi connectivity index (χ4n) is 1.71. The topological polar surface area (TPSA) is 58.6 Å². The Bertz CT molecular complexity index is 276. The molecular weight excluding hydrogens is 208 g/mol. The Morgan fingerprint density at radius 1 is 1.25 bits per heavy atom. The number of urea groups is 1. The third-order valence-corrected chi connectivity index (χ3v) is 2.67. The van der Waals surface area contributed by atoms with E-state index in [4.69, 9.17) is 4.74 Å². The lowest BCUT2D eigenvalue weighted by atomic mass is 10.1. The number of amides is 3. The number of rotatable bonds is 6. The Hall–Kier alpha value is -1.10. The maximum absolute atomic E-state index is 11.8. The first-order valence-corrected chi connectivity index (χ1v) is 5.62. The predicted octanol–water partition coefficient (Wildman–Crippen LogP) is 1.13. The van der Waals surface area contributed by atoms with Gasteiger partial charge in [-0.2, -0.15) is 0 Å². The molecule has 0 aromatic carbocycles. The van der Waals surface area contributed by atoms with Crippen molar-refractivity contribution >= 4 is 11.9 Å². The number of hydrogen-bond donors (Lipinski definition) is 1. The molecule has 0 atom stereocenters. The summed E-state index contributed by atoms with van der Waals surface area (Å²) in [6.07, 6.45) is 2.76.